The molecule has 2 atom stereocenters. The molecule has 1 amide bonds. The SMILES string of the molecule is O=C1C[C@@H](c2cccc(F)c2)C2=C(C[C@@H](c3cccs3)CC2=O)N1. The lowest BCUT2D eigenvalue weighted by molar-refractivity contribution is -0.122. The maximum Gasteiger partial charge on any atom is 0.225 e. The molecule has 0 radical (unpaired) electrons. The van der Waals surface area contributed by atoms with Gasteiger partial charge in [-0.25, -0.2) is 4.39 Å². The molecule has 2 aliphatic rings. The number of nitrogens with one attached hydrogen (secondary N) is 1. The number of Topliss-reactive ketones (excluding diaryl/α,β-unsaturated/α-hetero) is 1. The molecule has 4 rings (SSSR count). The second-order valence-electron chi connectivity index (χ2n) is 6.30. The first-order valence-electron chi connectivity index (χ1n) is 7.97. The van der Waals surface area contributed by atoms with E-state index in [1.807, 2.05) is 17.5 Å². The van der Waals surface area contributed by atoms with Gasteiger partial charge in [0.15, 0.2) is 5.78 Å². The largest absolute Gasteiger partial charge is 0.329 e. The summed E-state index contributed by atoms with van der Waals surface area (Å²) >= 11 is 1.63. The maximum absolute atomic E-state index is 13.6. The van der Waals surface area contributed by atoms with Crippen LogP contribution < -0.4 is 5.32 Å². The van der Waals surface area contributed by atoms with Gasteiger partial charge in [-0.3, -0.25) is 9.59 Å². The molecule has 0 saturated carbocycles. The number of hydrogen-bond acceptors (Lipinski definition) is 3. The zero-order chi connectivity index (χ0) is 16.7. The van der Waals surface area contributed by atoms with Crippen LogP contribution in [0.1, 0.15) is 41.5 Å². The normalized spacial score (nSPS) is 23.9. The average molecular weight is 341 g/mol. The van der Waals surface area contributed by atoms with Crippen LogP contribution in [0.4, 0.5) is 4.39 Å². The van der Waals surface area contributed by atoms with E-state index in [-0.39, 0.29) is 35.8 Å². The van der Waals surface area contributed by atoms with Crippen molar-refractivity contribution in [3.63, 3.8) is 0 Å². The molecule has 1 N–H and O–H groups in total. The van der Waals surface area contributed by atoms with Gasteiger partial charge in [0.25, 0.3) is 0 Å². The third kappa shape index (κ3) is 2.69. The van der Waals surface area contributed by atoms with E-state index in [2.05, 4.69) is 5.32 Å². The molecule has 3 nitrogen and oxygen atoms in total. The standard InChI is InChI=1S/C19H16FNO2S/c20-13-4-1-3-11(7-13)14-10-18(23)21-15-8-12(9-16(22)19(14)15)17-5-2-6-24-17/h1-7,12,14H,8-10H2,(H,21,23)/t12-,14+/m1/s1. The molecule has 0 unspecified atom stereocenters. The van der Waals surface area contributed by atoms with Gasteiger partial charge in [0.05, 0.1) is 0 Å². The van der Waals surface area contributed by atoms with E-state index in [9.17, 15) is 14.0 Å². The second kappa shape index (κ2) is 5.98. The van der Waals surface area contributed by atoms with Crippen molar-refractivity contribution in [2.75, 3.05) is 0 Å². The summed E-state index contributed by atoms with van der Waals surface area (Å²) in [5.41, 5.74) is 2.07. The van der Waals surface area contributed by atoms with Gasteiger partial charge in [-0.05, 0) is 35.6 Å². The van der Waals surface area contributed by atoms with Crippen molar-refractivity contribution >= 4 is 23.0 Å². The number of halogens is 1. The lowest BCUT2D eigenvalue weighted by Gasteiger charge is -2.34. The van der Waals surface area contributed by atoms with E-state index in [0.717, 1.165) is 10.6 Å². The zero-order valence-electron chi connectivity index (χ0n) is 12.9. The third-order valence-electron chi connectivity index (χ3n) is 4.73. The number of carbonyl (C=O) groups excluding carboxylic acids is 2. The van der Waals surface area contributed by atoms with E-state index in [1.165, 1.54) is 12.1 Å². The summed E-state index contributed by atoms with van der Waals surface area (Å²) in [4.78, 5) is 26.1. The number of thiophene rings is 1. The van der Waals surface area contributed by atoms with Crippen LogP contribution in [0.15, 0.2) is 53.0 Å². The van der Waals surface area contributed by atoms with Crippen molar-refractivity contribution in [3.05, 3.63) is 69.3 Å². The predicted molar refractivity (Wildman–Crippen MR) is 90.2 cm³/mol. The minimum Gasteiger partial charge on any atom is -0.329 e. The van der Waals surface area contributed by atoms with Gasteiger partial charge in [-0.2, -0.15) is 0 Å². The Morgan fingerprint density at radius 3 is 2.71 bits per heavy atom. The van der Waals surface area contributed by atoms with Gasteiger partial charge in [0, 0.05) is 40.8 Å². The fourth-order valence-electron chi connectivity index (χ4n) is 3.69. The highest BCUT2D eigenvalue weighted by Gasteiger charge is 2.38. The molecule has 2 aromatic rings. The smallest absolute Gasteiger partial charge is 0.225 e. The van der Waals surface area contributed by atoms with Crippen LogP contribution in [0.3, 0.4) is 0 Å². The van der Waals surface area contributed by atoms with E-state index in [1.54, 1.807) is 23.5 Å². The highest BCUT2D eigenvalue weighted by molar-refractivity contribution is 7.10. The summed E-state index contributed by atoms with van der Waals surface area (Å²) < 4.78 is 13.6. The summed E-state index contributed by atoms with van der Waals surface area (Å²) in [6.45, 7) is 0. The highest BCUT2D eigenvalue weighted by Crippen LogP contribution is 2.43. The summed E-state index contributed by atoms with van der Waals surface area (Å²) in [5.74, 6) is -0.629. The lowest BCUT2D eigenvalue weighted by Crippen LogP contribution is -2.38. The zero-order valence-corrected chi connectivity index (χ0v) is 13.7. The minimum absolute atomic E-state index is 0.0592. The summed E-state index contributed by atoms with van der Waals surface area (Å²) in [6.07, 6.45) is 1.29. The van der Waals surface area contributed by atoms with Gasteiger partial charge in [0.1, 0.15) is 5.82 Å². The monoisotopic (exact) mass is 341 g/mol. The molecule has 5 heteroatoms. The van der Waals surface area contributed by atoms with Crippen LogP contribution in [-0.4, -0.2) is 11.7 Å². The van der Waals surface area contributed by atoms with E-state index < -0.39 is 0 Å². The van der Waals surface area contributed by atoms with Crippen LogP contribution in [0.5, 0.6) is 0 Å². The number of benzene rings is 1. The average Bonchev–Trinajstić information content (AvgIpc) is 3.08. The Morgan fingerprint density at radius 2 is 1.96 bits per heavy atom. The van der Waals surface area contributed by atoms with Crippen LogP contribution in [0, 0.1) is 5.82 Å². The molecular formula is C19H16FNO2S. The van der Waals surface area contributed by atoms with Gasteiger partial charge in [-0.15, -0.1) is 11.3 Å². The third-order valence-corrected chi connectivity index (χ3v) is 5.77. The van der Waals surface area contributed by atoms with Gasteiger partial charge in [0.2, 0.25) is 5.91 Å². The molecule has 1 aliphatic carbocycles. The maximum atomic E-state index is 13.6. The van der Waals surface area contributed by atoms with Crippen molar-refractivity contribution in [1.82, 2.24) is 5.32 Å². The molecule has 0 spiro atoms. The quantitative estimate of drug-likeness (QED) is 0.901. The number of rotatable bonds is 2. The molecule has 2 heterocycles. The molecule has 24 heavy (non-hydrogen) atoms. The van der Waals surface area contributed by atoms with Crippen LogP contribution in [-0.2, 0) is 9.59 Å². The summed E-state index contributed by atoms with van der Waals surface area (Å²) in [6, 6.07) is 10.2. The molecule has 1 aromatic carbocycles. The van der Waals surface area contributed by atoms with Crippen LogP contribution >= 0.6 is 11.3 Å². The Balaban J connectivity index is 1.74. The van der Waals surface area contributed by atoms with Crippen LogP contribution in [0.25, 0.3) is 0 Å². The van der Waals surface area contributed by atoms with Crippen molar-refractivity contribution in [2.45, 2.75) is 31.1 Å². The minimum atomic E-state index is -0.347. The summed E-state index contributed by atoms with van der Waals surface area (Å²) in [5, 5.41) is 4.88. The summed E-state index contributed by atoms with van der Waals surface area (Å²) in [7, 11) is 0. The number of carbonyl (C=O) groups is 2. The van der Waals surface area contributed by atoms with E-state index >= 15 is 0 Å². The highest BCUT2D eigenvalue weighted by atomic mass is 32.1. The molecule has 0 saturated heterocycles. The Hall–Kier alpha value is -2.27. The van der Waals surface area contributed by atoms with Gasteiger partial charge in [-0.1, -0.05) is 18.2 Å². The van der Waals surface area contributed by atoms with Crippen LogP contribution in [0.2, 0.25) is 0 Å². The predicted octanol–water partition coefficient (Wildman–Crippen LogP) is 3.89. The lowest BCUT2D eigenvalue weighted by atomic mass is 9.75. The van der Waals surface area contributed by atoms with Gasteiger partial charge < -0.3 is 5.32 Å². The van der Waals surface area contributed by atoms with Crippen molar-refractivity contribution in [1.29, 1.82) is 0 Å². The molecular weight excluding hydrogens is 325 g/mol. The first kappa shape index (κ1) is 15.3. The fourth-order valence-corrected chi connectivity index (χ4v) is 4.52. The second-order valence-corrected chi connectivity index (χ2v) is 7.28. The van der Waals surface area contributed by atoms with Crippen molar-refractivity contribution in [2.24, 2.45) is 0 Å². The topological polar surface area (TPSA) is 46.2 Å². The number of hydrogen-bond donors (Lipinski definition) is 1. The molecule has 1 aliphatic heterocycles. The Morgan fingerprint density at radius 1 is 1.08 bits per heavy atom. The van der Waals surface area contributed by atoms with Crippen molar-refractivity contribution < 1.29 is 14.0 Å². The number of allylic oxidation sites excluding steroid dienone is 2. The first-order valence-corrected chi connectivity index (χ1v) is 8.84. The fraction of sp³-hybridized carbons (Fsp3) is 0.263. The van der Waals surface area contributed by atoms with Crippen molar-refractivity contribution in [3.8, 4) is 0 Å². The molecule has 122 valence electrons. The Labute approximate surface area is 143 Å². The molecule has 0 fully saturated rings. The first-order chi connectivity index (χ1) is 11.6. The molecule has 1 aromatic heterocycles. The Kier molecular flexibility index (Phi) is 3.81. The van der Waals surface area contributed by atoms with E-state index in [4.69, 9.17) is 0 Å². The molecule has 0 bridgehead atoms. The number of ketones is 1. The Bertz CT molecular complexity index is 841. The van der Waals surface area contributed by atoms with Gasteiger partial charge >= 0.3 is 0 Å². The van der Waals surface area contributed by atoms with E-state index in [0.29, 0.717) is 24.0 Å². The number of amides is 1.